The molecule has 2 N–H and O–H groups in total. The maximum absolute atomic E-state index is 11.3. The zero-order chi connectivity index (χ0) is 12.0. The highest BCUT2D eigenvalue weighted by Crippen LogP contribution is 2.23. The van der Waals surface area contributed by atoms with Gasteiger partial charge in [0.25, 0.3) is 0 Å². The summed E-state index contributed by atoms with van der Waals surface area (Å²) < 4.78 is 0. The van der Waals surface area contributed by atoms with Gasteiger partial charge in [-0.05, 0) is 38.1 Å². The Hall–Kier alpha value is -0.610. The van der Waals surface area contributed by atoms with Crippen LogP contribution in [0.1, 0.15) is 32.1 Å². The second-order valence-corrected chi connectivity index (χ2v) is 4.92. The number of rotatable bonds is 5. The van der Waals surface area contributed by atoms with Gasteiger partial charge in [0.2, 0.25) is 5.91 Å². The molecule has 0 atom stereocenters. The lowest BCUT2D eigenvalue weighted by Crippen LogP contribution is -2.31. The first-order valence-corrected chi connectivity index (χ1v) is 6.18. The van der Waals surface area contributed by atoms with E-state index in [1.165, 1.54) is 0 Å². The molecule has 0 spiro atoms. The van der Waals surface area contributed by atoms with Crippen molar-refractivity contribution in [1.29, 1.82) is 0 Å². The minimum atomic E-state index is -0.0773. The van der Waals surface area contributed by atoms with E-state index in [1.54, 1.807) is 19.0 Å². The molecule has 1 amide bonds. The van der Waals surface area contributed by atoms with Gasteiger partial charge in [0.1, 0.15) is 0 Å². The molecule has 0 aromatic rings. The van der Waals surface area contributed by atoms with Crippen LogP contribution in [-0.4, -0.2) is 49.2 Å². The Labute approximate surface area is 98.0 Å². The molecular formula is C12H24N2O2. The lowest BCUT2D eigenvalue weighted by molar-refractivity contribution is -0.128. The fourth-order valence-electron chi connectivity index (χ4n) is 2.07. The van der Waals surface area contributed by atoms with Crippen LogP contribution in [0, 0.1) is 5.92 Å². The fourth-order valence-corrected chi connectivity index (χ4v) is 2.07. The van der Waals surface area contributed by atoms with E-state index in [4.69, 9.17) is 0 Å². The lowest BCUT2D eigenvalue weighted by atomic mass is 9.87. The number of aliphatic hydroxyl groups is 1. The number of nitrogens with one attached hydrogen (secondary N) is 1. The van der Waals surface area contributed by atoms with Crippen LogP contribution in [0.5, 0.6) is 0 Å². The molecule has 1 aliphatic carbocycles. The van der Waals surface area contributed by atoms with Gasteiger partial charge >= 0.3 is 0 Å². The summed E-state index contributed by atoms with van der Waals surface area (Å²) in [6.07, 6.45) is 4.58. The van der Waals surface area contributed by atoms with Crippen LogP contribution in [-0.2, 0) is 4.79 Å². The molecule has 16 heavy (non-hydrogen) atoms. The summed E-state index contributed by atoms with van der Waals surface area (Å²) in [5, 5.41) is 12.7. The topological polar surface area (TPSA) is 52.6 Å². The van der Waals surface area contributed by atoms with Crippen LogP contribution in [0.25, 0.3) is 0 Å². The summed E-state index contributed by atoms with van der Waals surface area (Å²) >= 11 is 0. The van der Waals surface area contributed by atoms with Gasteiger partial charge in [-0.1, -0.05) is 0 Å². The van der Waals surface area contributed by atoms with Crippen molar-refractivity contribution in [3.63, 3.8) is 0 Å². The number of amides is 1. The van der Waals surface area contributed by atoms with Crippen LogP contribution < -0.4 is 5.32 Å². The lowest BCUT2D eigenvalue weighted by Gasteiger charge is -2.25. The van der Waals surface area contributed by atoms with Gasteiger partial charge in [-0.15, -0.1) is 0 Å². The minimum Gasteiger partial charge on any atom is -0.393 e. The first-order chi connectivity index (χ1) is 7.59. The molecule has 1 fully saturated rings. The van der Waals surface area contributed by atoms with E-state index in [0.29, 0.717) is 12.3 Å². The quantitative estimate of drug-likeness (QED) is 0.678. The van der Waals surface area contributed by atoms with Crippen LogP contribution in [0.2, 0.25) is 0 Å². The summed E-state index contributed by atoms with van der Waals surface area (Å²) in [6.45, 7) is 1.74. The minimum absolute atomic E-state index is 0.0773. The van der Waals surface area contributed by atoms with E-state index in [0.717, 1.165) is 38.8 Å². The van der Waals surface area contributed by atoms with E-state index in [-0.39, 0.29) is 12.0 Å². The Bertz CT molecular complexity index is 211. The van der Waals surface area contributed by atoms with Crippen LogP contribution in [0.4, 0.5) is 0 Å². The predicted molar refractivity (Wildman–Crippen MR) is 64.1 cm³/mol. The first-order valence-electron chi connectivity index (χ1n) is 6.18. The van der Waals surface area contributed by atoms with Crippen molar-refractivity contribution < 1.29 is 9.90 Å². The summed E-state index contributed by atoms with van der Waals surface area (Å²) in [5.41, 5.74) is 0. The summed E-state index contributed by atoms with van der Waals surface area (Å²) in [7, 11) is 3.57. The molecule has 1 saturated carbocycles. The standard InChI is InChI=1S/C12H24N2O2/c1-14(2)12(16)7-8-13-9-10-3-5-11(15)6-4-10/h10-11,13,15H,3-9H2,1-2H3. The molecule has 1 rings (SSSR count). The number of nitrogens with zero attached hydrogens (tertiary/aromatic N) is 1. The van der Waals surface area contributed by atoms with Crippen molar-refractivity contribution in [3.8, 4) is 0 Å². The number of aliphatic hydroxyl groups excluding tert-OH is 1. The third-order valence-electron chi connectivity index (χ3n) is 3.26. The van der Waals surface area contributed by atoms with Crippen molar-refractivity contribution in [3.05, 3.63) is 0 Å². The van der Waals surface area contributed by atoms with Crippen LogP contribution in [0.15, 0.2) is 0 Å². The SMILES string of the molecule is CN(C)C(=O)CCNCC1CCC(O)CC1. The van der Waals surface area contributed by atoms with E-state index >= 15 is 0 Å². The molecule has 0 aromatic carbocycles. The van der Waals surface area contributed by atoms with Gasteiger partial charge in [0, 0.05) is 27.1 Å². The average Bonchev–Trinajstić information content (AvgIpc) is 2.26. The Balaban J connectivity index is 2.01. The molecule has 0 bridgehead atoms. The average molecular weight is 228 g/mol. The molecule has 0 radical (unpaired) electrons. The highest BCUT2D eigenvalue weighted by molar-refractivity contribution is 5.75. The highest BCUT2D eigenvalue weighted by Gasteiger charge is 2.18. The highest BCUT2D eigenvalue weighted by atomic mass is 16.3. The number of carbonyl (C=O) groups is 1. The molecule has 94 valence electrons. The summed E-state index contributed by atoms with van der Waals surface area (Å²) in [6, 6.07) is 0. The van der Waals surface area contributed by atoms with E-state index in [2.05, 4.69) is 5.32 Å². The first kappa shape index (κ1) is 13.5. The van der Waals surface area contributed by atoms with E-state index in [1.807, 2.05) is 0 Å². The van der Waals surface area contributed by atoms with Crippen molar-refractivity contribution in [2.75, 3.05) is 27.2 Å². The third-order valence-corrected chi connectivity index (χ3v) is 3.26. The second kappa shape index (κ2) is 6.86. The fraction of sp³-hybridized carbons (Fsp3) is 0.917. The Morgan fingerprint density at radius 1 is 1.31 bits per heavy atom. The molecule has 0 heterocycles. The molecule has 0 aromatic heterocycles. The molecule has 0 unspecified atom stereocenters. The van der Waals surface area contributed by atoms with Gasteiger partial charge in [0.15, 0.2) is 0 Å². The van der Waals surface area contributed by atoms with Gasteiger partial charge in [-0.2, -0.15) is 0 Å². The van der Waals surface area contributed by atoms with Crippen molar-refractivity contribution in [2.45, 2.75) is 38.2 Å². The summed E-state index contributed by atoms with van der Waals surface area (Å²) in [5.74, 6) is 0.851. The number of carbonyl (C=O) groups excluding carboxylic acids is 1. The monoisotopic (exact) mass is 228 g/mol. The maximum atomic E-state index is 11.3. The van der Waals surface area contributed by atoms with Gasteiger partial charge in [-0.25, -0.2) is 0 Å². The smallest absolute Gasteiger partial charge is 0.223 e. The maximum Gasteiger partial charge on any atom is 0.223 e. The van der Waals surface area contributed by atoms with Crippen LogP contribution in [0.3, 0.4) is 0 Å². The van der Waals surface area contributed by atoms with Gasteiger partial charge in [0.05, 0.1) is 6.10 Å². The zero-order valence-corrected chi connectivity index (χ0v) is 10.4. The van der Waals surface area contributed by atoms with Gasteiger partial charge in [-0.3, -0.25) is 4.79 Å². The largest absolute Gasteiger partial charge is 0.393 e. The Kier molecular flexibility index (Phi) is 5.77. The molecule has 4 nitrogen and oxygen atoms in total. The number of hydrogen-bond acceptors (Lipinski definition) is 3. The van der Waals surface area contributed by atoms with Crippen LogP contribution >= 0.6 is 0 Å². The summed E-state index contributed by atoms with van der Waals surface area (Å²) in [4.78, 5) is 12.9. The van der Waals surface area contributed by atoms with Crippen molar-refractivity contribution in [1.82, 2.24) is 10.2 Å². The number of hydrogen-bond donors (Lipinski definition) is 2. The predicted octanol–water partition coefficient (Wildman–Crippen LogP) is 0.605. The molecule has 0 saturated heterocycles. The third kappa shape index (κ3) is 4.94. The molecule has 0 aliphatic heterocycles. The second-order valence-electron chi connectivity index (χ2n) is 4.92. The van der Waals surface area contributed by atoms with Gasteiger partial charge < -0.3 is 15.3 Å². The Morgan fingerprint density at radius 3 is 2.50 bits per heavy atom. The normalized spacial score (nSPS) is 25.4. The van der Waals surface area contributed by atoms with Crippen molar-refractivity contribution >= 4 is 5.91 Å². The zero-order valence-electron chi connectivity index (χ0n) is 10.4. The molecule has 1 aliphatic rings. The van der Waals surface area contributed by atoms with Crippen molar-refractivity contribution in [2.24, 2.45) is 5.92 Å². The molecular weight excluding hydrogens is 204 g/mol. The Morgan fingerprint density at radius 2 is 1.94 bits per heavy atom. The molecule has 4 heteroatoms. The van der Waals surface area contributed by atoms with E-state index < -0.39 is 0 Å². The van der Waals surface area contributed by atoms with E-state index in [9.17, 15) is 9.90 Å².